The van der Waals surface area contributed by atoms with Crippen molar-refractivity contribution in [1.82, 2.24) is 25.1 Å². The minimum atomic E-state index is -0.553. The second kappa shape index (κ2) is 11.5. The Kier molecular flexibility index (Phi) is 7.92. The molecule has 0 saturated heterocycles. The molecule has 2 heterocycles. The van der Waals surface area contributed by atoms with Crippen LogP contribution in [0.4, 0.5) is 0 Å². The number of carbonyl (C=O) groups excluding carboxylic acids is 2. The number of nitrogens with one attached hydrogen (secondary N) is 1. The fourth-order valence-corrected chi connectivity index (χ4v) is 4.00. The number of esters is 1. The van der Waals surface area contributed by atoms with Gasteiger partial charge in [0.05, 0.1) is 19.1 Å². The van der Waals surface area contributed by atoms with Gasteiger partial charge in [-0.25, -0.2) is 9.97 Å². The van der Waals surface area contributed by atoms with Gasteiger partial charge < -0.3 is 14.8 Å². The maximum Gasteiger partial charge on any atom is 0.311 e. The van der Waals surface area contributed by atoms with E-state index in [0.717, 1.165) is 17.0 Å². The van der Waals surface area contributed by atoms with Gasteiger partial charge in [0, 0.05) is 25.7 Å². The molecule has 0 fully saturated rings. The molecule has 2 aromatic heterocycles. The molecule has 0 bridgehead atoms. The third-order valence-corrected chi connectivity index (χ3v) is 5.88. The zero-order valence-electron chi connectivity index (χ0n) is 21.2. The highest BCUT2D eigenvalue weighted by molar-refractivity contribution is 5.96. The Morgan fingerprint density at radius 1 is 1.00 bits per heavy atom. The van der Waals surface area contributed by atoms with E-state index in [1.54, 1.807) is 18.5 Å². The lowest BCUT2D eigenvalue weighted by molar-refractivity contribution is -0.134. The van der Waals surface area contributed by atoms with Gasteiger partial charge in [0.15, 0.2) is 17.3 Å². The van der Waals surface area contributed by atoms with Crippen LogP contribution >= 0.6 is 0 Å². The molecule has 37 heavy (non-hydrogen) atoms. The third kappa shape index (κ3) is 5.66. The average molecular weight is 500 g/mol. The number of aromatic nitrogens is 4. The summed E-state index contributed by atoms with van der Waals surface area (Å²) in [4.78, 5) is 34.1. The minimum Gasteiger partial charge on any atom is -0.493 e. The second-order valence-corrected chi connectivity index (χ2v) is 8.42. The van der Waals surface area contributed by atoms with Crippen molar-refractivity contribution in [3.63, 3.8) is 0 Å². The van der Waals surface area contributed by atoms with Gasteiger partial charge in [-0.2, -0.15) is 5.10 Å². The molecule has 9 nitrogen and oxygen atoms in total. The molecule has 190 valence electrons. The van der Waals surface area contributed by atoms with Crippen molar-refractivity contribution < 1.29 is 19.1 Å². The number of amides is 1. The molecule has 0 aliphatic heterocycles. The predicted molar refractivity (Wildman–Crippen MR) is 137 cm³/mol. The Hall–Kier alpha value is -4.53. The van der Waals surface area contributed by atoms with Gasteiger partial charge in [-0.3, -0.25) is 14.3 Å². The van der Waals surface area contributed by atoms with Gasteiger partial charge in [-0.05, 0) is 18.1 Å². The van der Waals surface area contributed by atoms with E-state index >= 15 is 0 Å². The number of methoxy groups -OCH3 is 1. The lowest BCUT2D eigenvalue weighted by Crippen LogP contribution is -2.29. The third-order valence-electron chi connectivity index (χ3n) is 5.88. The summed E-state index contributed by atoms with van der Waals surface area (Å²) < 4.78 is 12.4. The van der Waals surface area contributed by atoms with Gasteiger partial charge in [0.1, 0.15) is 5.82 Å². The van der Waals surface area contributed by atoms with Crippen molar-refractivity contribution in [2.45, 2.75) is 32.2 Å². The lowest BCUT2D eigenvalue weighted by atomic mass is 9.90. The SMILES string of the molecule is CCC(=O)Oc1c(OC)ccnc1C(=O)N[C@@H](C)c1nc(C(c2ccccc2)c2ccccc2)n(C)n1. The van der Waals surface area contributed by atoms with Crippen LogP contribution in [-0.4, -0.2) is 38.7 Å². The van der Waals surface area contributed by atoms with Crippen molar-refractivity contribution in [1.29, 1.82) is 0 Å². The van der Waals surface area contributed by atoms with E-state index in [4.69, 9.17) is 14.5 Å². The Morgan fingerprint density at radius 3 is 2.19 bits per heavy atom. The zero-order valence-corrected chi connectivity index (χ0v) is 21.2. The Bertz CT molecular complexity index is 1330. The summed E-state index contributed by atoms with van der Waals surface area (Å²) in [6.45, 7) is 3.45. The number of aryl methyl sites for hydroxylation is 1. The Labute approximate surface area is 215 Å². The first-order valence-electron chi connectivity index (χ1n) is 12.0. The highest BCUT2D eigenvalue weighted by atomic mass is 16.6. The standard InChI is InChI=1S/C28H29N5O4/c1-5-22(34)37-25-21(36-4)16-17-29-24(25)28(35)30-18(2)26-31-27(33(3)32-26)23(19-12-8-6-9-13-19)20-14-10-7-11-15-20/h6-18,23H,5H2,1-4H3,(H,30,35)/t18-/m0/s1. The zero-order chi connectivity index (χ0) is 26.4. The van der Waals surface area contributed by atoms with Gasteiger partial charge in [0.25, 0.3) is 5.91 Å². The topological polar surface area (TPSA) is 108 Å². The molecular weight excluding hydrogens is 470 g/mol. The molecule has 0 saturated carbocycles. The quantitative estimate of drug-likeness (QED) is 0.344. The molecule has 1 atom stereocenters. The monoisotopic (exact) mass is 499 g/mol. The Morgan fingerprint density at radius 2 is 1.62 bits per heavy atom. The van der Waals surface area contributed by atoms with Crippen molar-refractivity contribution in [3.05, 3.63) is 101 Å². The smallest absolute Gasteiger partial charge is 0.311 e. The molecular formula is C28H29N5O4. The summed E-state index contributed by atoms with van der Waals surface area (Å²) in [5.41, 5.74) is 2.10. The number of carbonyl (C=O) groups is 2. The van der Waals surface area contributed by atoms with E-state index in [2.05, 4.69) is 39.7 Å². The summed E-state index contributed by atoms with van der Waals surface area (Å²) in [5.74, 6) is 0.213. The van der Waals surface area contributed by atoms with E-state index in [1.165, 1.54) is 19.4 Å². The number of hydrogen-bond acceptors (Lipinski definition) is 7. The van der Waals surface area contributed by atoms with Crippen LogP contribution < -0.4 is 14.8 Å². The van der Waals surface area contributed by atoms with Crippen LogP contribution in [0.25, 0.3) is 0 Å². The highest BCUT2D eigenvalue weighted by Crippen LogP contribution is 2.32. The molecule has 1 amide bonds. The van der Waals surface area contributed by atoms with Crippen LogP contribution in [0, 0.1) is 0 Å². The van der Waals surface area contributed by atoms with E-state index in [9.17, 15) is 9.59 Å². The highest BCUT2D eigenvalue weighted by Gasteiger charge is 2.27. The molecule has 1 N–H and O–H groups in total. The Balaban J connectivity index is 1.63. The normalized spacial score (nSPS) is 11.7. The second-order valence-electron chi connectivity index (χ2n) is 8.42. The number of hydrogen-bond donors (Lipinski definition) is 1. The van der Waals surface area contributed by atoms with Crippen LogP contribution in [0.5, 0.6) is 11.5 Å². The van der Waals surface area contributed by atoms with E-state index < -0.39 is 17.9 Å². The fraction of sp³-hybridized carbons (Fsp3) is 0.250. The van der Waals surface area contributed by atoms with E-state index in [-0.39, 0.29) is 29.5 Å². The molecule has 4 aromatic rings. The van der Waals surface area contributed by atoms with E-state index in [0.29, 0.717) is 5.82 Å². The summed E-state index contributed by atoms with van der Waals surface area (Å²) in [6, 6.07) is 21.1. The first kappa shape index (κ1) is 25.6. The molecule has 4 rings (SSSR count). The molecule has 0 unspecified atom stereocenters. The largest absolute Gasteiger partial charge is 0.493 e. The maximum atomic E-state index is 13.2. The molecule has 0 aliphatic rings. The van der Waals surface area contributed by atoms with Gasteiger partial charge in [0.2, 0.25) is 5.75 Å². The fourth-order valence-electron chi connectivity index (χ4n) is 4.00. The number of pyridine rings is 1. The van der Waals surface area contributed by atoms with Crippen LogP contribution in [0.3, 0.4) is 0 Å². The summed E-state index contributed by atoms with van der Waals surface area (Å²) in [6.07, 6.45) is 1.56. The van der Waals surface area contributed by atoms with Crippen molar-refractivity contribution >= 4 is 11.9 Å². The predicted octanol–water partition coefficient (Wildman–Crippen LogP) is 4.21. The lowest BCUT2D eigenvalue weighted by Gasteiger charge is -2.17. The number of rotatable bonds is 9. The maximum absolute atomic E-state index is 13.2. The van der Waals surface area contributed by atoms with Gasteiger partial charge in [-0.1, -0.05) is 67.6 Å². The van der Waals surface area contributed by atoms with Gasteiger partial charge >= 0.3 is 5.97 Å². The number of nitrogens with zero attached hydrogens (tertiary/aromatic N) is 4. The van der Waals surface area contributed by atoms with Crippen LogP contribution in [0.1, 0.15) is 65.5 Å². The molecule has 2 aromatic carbocycles. The van der Waals surface area contributed by atoms with Crippen molar-refractivity contribution in [2.75, 3.05) is 7.11 Å². The molecule has 0 spiro atoms. The van der Waals surface area contributed by atoms with Crippen molar-refractivity contribution in [3.8, 4) is 11.5 Å². The van der Waals surface area contributed by atoms with Crippen LogP contribution in [-0.2, 0) is 11.8 Å². The molecule has 0 radical (unpaired) electrons. The van der Waals surface area contributed by atoms with E-state index in [1.807, 2.05) is 43.4 Å². The molecule has 9 heteroatoms. The first-order chi connectivity index (χ1) is 17.9. The number of ether oxygens (including phenoxy) is 2. The van der Waals surface area contributed by atoms with Gasteiger partial charge in [-0.15, -0.1) is 0 Å². The average Bonchev–Trinajstić information content (AvgIpc) is 3.31. The molecule has 0 aliphatic carbocycles. The number of benzene rings is 2. The van der Waals surface area contributed by atoms with Crippen LogP contribution in [0.15, 0.2) is 72.9 Å². The summed E-state index contributed by atoms with van der Waals surface area (Å²) >= 11 is 0. The first-order valence-corrected chi connectivity index (χ1v) is 12.0. The summed E-state index contributed by atoms with van der Waals surface area (Å²) in [7, 11) is 3.27. The van der Waals surface area contributed by atoms with Crippen molar-refractivity contribution in [2.24, 2.45) is 7.05 Å². The minimum absolute atomic E-state index is 0.0237. The summed E-state index contributed by atoms with van der Waals surface area (Å²) in [5, 5.41) is 7.48. The van der Waals surface area contributed by atoms with Crippen LogP contribution in [0.2, 0.25) is 0 Å².